The number of carbonyl (C=O) groups is 2. The van der Waals surface area contributed by atoms with Gasteiger partial charge in [-0.05, 0) is 72.8 Å². The number of para-hydroxylation sites is 2. The maximum Gasteiger partial charge on any atom is 0.513 e. The average molecular weight is 732 g/mol. The van der Waals surface area contributed by atoms with E-state index in [0.29, 0.717) is 34.3 Å². The van der Waals surface area contributed by atoms with Crippen molar-refractivity contribution in [3.8, 4) is 74.4 Å². The predicted octanol–water partition coefficient (Wildman–Crippen LogP) is 7.48. The van der Waals surface area contributed by atoms with Gasteiger partial charge >= 0.3 is 12.3 Å². The van der Waals surface area contributed by atoms with Crippen LogP contribution in [0.2, 0.25) is 0 Å². The number of phenolic OH excluding ortho intramolecular Hbond substituents is 2. The Balaban J connectivity index is 1.14. The Labute approximate surface area is 309 Å². The second kappa shape index (κ2) is 17.7. The molecule has 14 heteroatoms. The lowest BCUT2D eigenvalue weighted by Crippen LogP contribution is -2.15. The number of hydrogen-bond acceptors (Lipinski definition) is 14. The third-order valence-electron chi connectivity index (χ3n) is 7.44. The van der Waals surface area contributed by atoms with Crippen LogP contribution in [0.15, 0.2) is 121 Å². The van der Waals surface area contributed by atoms with Gasteiger partial charge in [0, 0.05) is 17.7 Å². The number of benzene rings is 5. The van der Waals surface area contributed by atoms with Gasteiger partial charge in [0.1, 0.15) is 66.7 Å². The minimum Gasteiger partial charge on any atom is -0.507 e. The molecule has 1 aromatic heterocycles. The first-order chi connectivity index (χ1) is 26.3. The summed E-state index contributed by atoms with van der Waals surface area (Å²) < 4.78 is 36.8. The van der Waals surface area contributed by atoms with Crippen LogP contribution in [-0.2, 0) is 9.47 Å². The Hall–Kier alpha value is -7.35. The molecule has 0 bridgehead atoms. The maximum atomic E-state index is 11.9. The quantitative estimate of drug-likeness (QED) is 0.0640. The monoisotopic (exact) mass is 731 g/mol. The normalized spacial score (nSPS) is 10.5. The second-order valence-corrected chi connectivity index (χ2v) is 11.1. The molecule has 2 N–H and O–H groups in total. The molecule has 5 aromatic carbocycles. The molecule has 1 heterocycles. The number of carbonyl (C=O) groups excluding carboxylic acids is 2. The smallest absolute Gasteiger partial charge is 0.507 e. The van der Waals surface area contributed by atoms with E-state index in [1.54, 1.807) is 116 Å². The first-order valence-electron chi connectivity index (χ1n) is 16.5. The minimum absolute atomic E-state index is 0.00694. The Morgan fingerprint density at radius 1 is 0.500 bits per heavy atom. The van der Waals surface area contributed by atoms with Crippen molar-refractivity contribution in [2.24, 2.45) is 0 Å². The van der Waals surface area contributed by atoms with E-state index in [0.717, 1.165) is 0 Å². The van der Waals surface area contributed by atoms with Crippen LogP contribution >= 0.6 is 0 Å². The van der Waals surface area contributed by atoms with Gasteiger partial charge in [-0.3, -0.25) is 0 Å². The van der Waals surface area contributed by atoms with E-state index in [4.69, 9.17) is 33.2 Å². The van der Waals surface area contributed by atoms with Gasteiger partial charge in [-0.1, -0.05) is 36.4 Å². The molecule has 6 aromatic rings. The first-order valence-corrected chi connectivity index (χ1v) is 16.5. The van der Waals surface area contributed by atoms with Crippen LogP contribution in [0.3, 0.4) is 0 Å². The Kier molecular flexibility index (Phi) is 12.0. The number of ether oxygens (including phenoxy) is 7. The summed E-state index contributed by atoms with van der Waals surface area (Å²) >= 11 is 0. The van der Waals surface area contributed by atoms with E-state index in [-0.39, 0.29) is 66.5 Å². The highest BCUT2D eigenvalue weighted by atomic mass is 16.7. The highest BCUT2D eigenvalue weighted by Crippen LogP contribution is 2.36. The van der Waals surface area contributed by atoms with Gasteiger partial charge in [-0.15, -0.1) is 0 Å². The van der Waals surface area contributed by atoms with Gasteiger partial charge in [0.05, 0.1) is 18.2 Å². The van der Waals surface area contributed by atoms with E-state index in [9.17, 15) is 19.8 Å². The van der Waals surface area contributed by atoms with Crippen molar-refractivity contribution in [1.82, 2.24) is 15.0 Å². The van der Waals surface area contributed by atoms with E-state index in [1.165, 1.54) is 12.1 Å². The minimum atomic E-state index is -0.873. The lowest BCUT2D eigenvalue weighted by atomic mass is 10.1. The number of methoxy groups -OCH3 is 1. The molecule has 0 fully saturated rings. The zero-order chi connectivity index (χ0) is 37.7. The lowest BCUT2D eigenvalue weighted by Gasteiger charge is -2.13. The van der Waals surface area contributed by atoms with Gasteiger partial charge in [0.25, 0.3) is 0 Å². The van der Waals surface area contributed by atoms with Crippen LogP contribution in [0.4, 0.5) is 9.59 Å². The molecule has 0 amide bonds. The molecule has 54 heavy (non-hydrogen) atoms. The average Bonchev–Trinajstić information content (AvgIpc) is 3.19. The first kappa shape index (κ1) is 36.4. The summed E-state index contributed by atoms with van der Waals surface area (Å²) in [5, 5.41) is 22.1. The summed E-state index contributed by atoms with van der Waals surface area (Å²) in [6, 6.07) is 33.1. The zero-order valence-corrected chi connectivity index (χ0v) is 28.8. The zero-order valence-electron chi connectivity index (χ0n) is 28.8. The van der Waals surface area contributed by atoms with Crippen LogP contribution in [0.5, 0.6) is 40.2 Å². The van der Waals surface area contributed by atoms with E-state index in [1.807, 2.05) is 0 Å². The standard InChI is InChI=1S/C40H33N3O11/c1-48-27-14-12-26(13-15-27)36-41-37(32-18-16-30(24-34(32)44)49-20-22-51-39(46)53-28-8-4-2-5-9-28)43-38(42-36)33-19-17-31(25-35(33)45)50-21-23-52-40(47)54-29-10-6-3-7-11-29/h2-19,24-25,44-45H,20-23H2,1H3. The van der Waals surface area contributed by atoms with Gasteiger partial charge in [0.2, 0.25) is 0 Å². The fourth-order valence-corrected chi connectivity index (χ4v) is 4.86. The molecule has 0 radical (unpaired) electrons. The SMILES string of the molecule is COc1ccc(-c2nc(-c3ccc(OCCOC(=O)Oc4ccccc4)cc3O)nc(-c3ccc(OCCOC(=O)Oc4ccccc4)cc3O)n2)cc1. The van der Waals surface area contributed by atoms with E-state index < -0.39 is 12.3 Å². The maximum absolute atomic E-state index is 11.9. The Morgan fingerprint density at radius 2 is 0.926 bits per heavy atom. The molecule has 0 aliphatic carbocycles. The molecule has 274 valence electrons. The molecule has 0 saturated heterocycles. The molecule has 6 rings (SSSR count). The molecule has 0 aliphatic rings. The Bertz CT molecular complexity index is 2060. The van der Waals surface area contributed by atoms with Crippen molar-refractivity contribution in [3.05, 3.63) is 121 Å². The number of aromatic nitrogens is 3. The van der Waals surface area contributed by atoms with Crippen molar-refractivity contribution in [2.45, 2.75) is 0 Å². The van der Waals surface area contributed by atoms with Crippen molar-refractivity contribution in [3.63, 3.8) is 0 Å². The van der Waals surface area contributed by atoms with Crippen LogP contribution < -0.4 is 23.7 Å². The van der Waals surface area contributed by atoms with Gasteiger partial charge < -0.3 is 43.4 Å². The molecule has 0 atom stereocenters. The van der Waals surface area contributed by atoms with Crippen molar-refractivity contribution in [2.75, 3.05) is 33.5 Å². The molecule has 0 unspecified atom stereocenters. The third-order valence-corrected chi connectivity index (χ3v) is 7.44. The van der Waals surface area contributed by atoms with E-state index >= 15 is 0 Å². The number of aromatic hydroxyl groups is 2. The topological polar surface area (TPSA) is 178 Å². The molecular weight excluding hydrogens is 698 g/mol. The van der Waals surface area contributed by atoms with E-state index in [2.05, 4.69) is 15.0 Å². The summed E-state index contributed by atoms with van der Waals surface area (Å²) in [4.78, 5) is 37.7. The molecule has 0 aliphatic heterocycles. The number of nitrogens with zero attached hydrogens (tertiary/aromatic N) is 3. The van der Waals surface area contributed by atoms with Gasteiger partial charge in [-0.2, -0.15) is 0 Å². The summed E-state index contributed by atoms with van der Waals surface area (Å²) in [7, 11) is 1.56. The molecule has 0 saturated carbocycles. The highest BCUT2D eigenvalue weighted by Gasteiger charge is 2.18. The van der Waals surface area contributed by atoms with Gasteiger partial charge in [0.15, 0.2) is 17.5 Å². The predicted molar refractivity (Wildman–Crippen MR) is 194 cm³/mol. The molecular formula is C40H33N3O11. The van der Waals surface area contributed by atoms with Crippen LogP contribution in [0.1, 0.15) is 0 Å². The molecule has 0 spiro atoms. The van der Waals surface area contributed by atoms with Gasteiger partial charge in [-0.25, -0.2) is 24.5 Å². The summed E-state index contributed by atoms with van der Waals surface area (Å²) in [6.07, 6.45) is -1.75. The van der Waals surface area contributed by atoms with Crippen molar-refractivity contribution >= 4 is 12.3 Å². The largest absolute Gasteiger partial charge is 0.513 e. The lowest BCUT2D eigenvalue weighted by molar-refractivity contribution is 0.0840. The number of phenols is 2. The number of rotatable bonds is 14. The highest BCUT2D eigenvalue weighted by molar-refractivity contribution is 5.73. The third kappa shape index (κ3) is 9.91. The van der Waals surface area contributed by atoms with Crippen molar-refractivity contribution < 1.29 is 53.0 Å². The molecule has 14 nitrogen and oxygen atoms in total. The Morgan fingerprint density at radius 3 is 1.35 bits per heavy atom. The van der Waals surface area contributed by atoms with Crippen LogP contribution in [0, 0.1) is 0 Å². The summed E-state index contributed by atoms with van der Waals surface area (Å²) in [5.74, 6) is 2.02. The number of hydrogen-bond donors (Lipinski definition) is 2. The summed E-state index contributed by atoms with van der Waals surface area (Å²) in [6.45, 7) is -0.207. The fraction of sp³-hybridized carbons (Fsp3) is 0.125. The van der Waals surface area contributed by atoms with Crippen molar-refractivity contribution in [1.29, 1.82) is 0 Å². The second-order valence-electron chi connectivity index (χ2n) is 11.1. The summed E-state index contributed by atoms with van der Waals surface area (Å²) in [5.41, 5.74) is 1.14. The van der Waals surface area contributed by atoms with Crippen LogP contribution in [-0.4, -0.2) is 71.0 Å². The van der Waals surface area contributed by atoms with Crippen LogP contribution in [0.25, 0.3) is 34.2 Å². The fourth-order valence-electron chi connectivity index (χ4n) is 4.86.